The molecule has 0 saturated carbocycles. The number of sulfonamides is 1. The lowest BCUT2D eigenvalue weighted by Gasteiger charge is -2.19. The van der Waals surface area contributed by atoms with Crippen molar-refractivity contribution >= 4 is 44.8 Å². The smallest absolute Gasteiger partial charge is 0.211 e. The summed E-state index contributed by atoms with van der Waals surface area (Å²) in [5.74, 6) is -0.0765. The zero-order chi connectivity index (χ0) is 20.1. The second-order valence-corrected chi connectivity index (χ2v) is 9.46. The van der Waals surface area contributed by atoms with Crippen LogP contribution in [-0.2, 0) is 16.4 Å². The third-order valence-electron chi connectivity index (χ3n) is 4.36. The highest BCUT2D eigenvalue weighted by Crippen LogP contribution is 2.24. The van der Waals surface area contributed by atoms with Gasteiger partial charge in [-0.1, -0.05) is 65.1 Å². The summed E-state index contributed by atoms with van der Waals surface area (Å²) in [6.45, 7) is 0.235. The molecule has 1 N–H and O–H groups in total. The summed E-state index contributed by atoms with van der Waals surface area (Å²) in [4.78, 5) is 0.140. The summed E-state index contributed by atoms with van der Waals surface area (Å²) in [5.41, 5.74) is 2.06. The van der Waals surface area contributed by atoms with Crippen molar-refractivity contribution in [3.05, 3.63) is 99.0 Å². The maximum atomic E-state index is 12.7. The molecule has 3 aromatic rings. The molecule has 146 valence electrons. The number of hydrogen-bond acceptors (Lipinski definition) is 2. The Kier molecular flexibility index (Phi) is 7.02. The largest absolute Gasteiger partial charge is 0.240 e. The van der Waals surface area contributed by atoms with Gasteiger partial charge in [0.1, 0.15) is 0 Å². The lowest BCUT2D eigenvalue weighted by atomic mass is 9.92. The minimum absolute atomic E-state index is 0.0765. The van der Waals surface area contributed by atoms with E-state index < -0.39 is 10.0 Å². The Balaban J connectivity index is 1.82. The average molecular weight is 455 g/mol. The second-order valence-electron chi connectivity index (χ2n) is 6.39. The van der Waals surface area contributed by atoms with Crippen LogP contribution < -0.4 is 4.72 Å². The number of rotatable bonds is 7. The molecule has 0 spiro atoms. The monoisotopic (exact) mass is 453 g/mol. The van der Waals surface area contributed by atoms with E-state index in [0.717, 1.165) is 11.1 Å². The predicted octanol–water partition coefficient (Wildman–Crippen LogP) is 5.95. The first kappa shape index (κ1) is 21.2. The van der Waals surface area contributed by atoms with Gasteiger partial charge < -0.3 is 0 Å². The van der Waals surface area contributed by atoms with Crippen LogP contribution in [0.3, 0.4) is 0 Å². The first-order valence-corrected chi connectivity index (χ1v) is 11.2. The quantitative estimate of drug-likeness (QED) is 0.479. The highest BCUT2D eigenvalue weighted by Gasteiger charge is 2.19. The first-order chi connectivity index (χ1) is 13.3. The molecule has 0 saturated heterocycles. The van der Waals surface area contributed by atoms with Crippen LogP contribution in [0.25, 0.3) is 0 Å². The maximum Gasteiger partial charge on any atom is 0.240 e. The van der Waals surface area contributed by atoms with E-state index in [1.165, 1.54) is 12.1 Å². The molecule has 0 aliphatic carbocycles. The lowest BCUT2D eigenvalue weighted by molar-refractivity contribution is 0.568. The lowest BCUT2D eigenvalue weighted by Crippen LogP contribution is -2.29. The van der Waals surface area contributed by atoms with E-state index in [1.807, 2.05) is 36.4 Å². The van der Waals surface area contributed by atoms with Crippen LogP contribution in [0.2, 0.25) is 15.1 Å². The summed E-state index contributed by atoms with van der Waals surface area (Å²) >= 11 is 17.9. The Bertz CT molecular complexity index is 1040. The minimum Gasteiger partial charge on any atom is -0.211 e. The van der Waals surface area contributed by atoms with Crippen LogP contribution in [0.5, 0.6) is 0 Å². The maximum absolute atomic E-state index is 12.7. The third kappa shape index (κ3) is 5.72. The van der Waals surface area contributed by atoms with E-state index >= 15 is 0 Å². The van der Waals surface area contributed by atoms with Crippen molar-refractivity contribution in [2.75, 3.05) is 6.54 Å². The van der Waals surface area contributed by atoms with E-state index in [0.29, 0.717) is 21.5 Å². The molecule has 0 aliphatic rings. The zero-order valence-corrected chi connectivity index (χ0v) is 17.9. The Morgan fingerprint density at radius 1 is 0.786 bits per heavy atom. The molecule has 0 aliphatic heterocycles. The van der Waals surface area contributed by atoms with Crippen LogP contribution in [0.1, 0.15) is 17.0 Å². The molecular formula is C21H18Cl3NO2S. The summed E-state index contributed by atoms with van der Waals surface area (Å²) in [7, 11) is -3.67. The van der Waals surface area contributed by atoms with Crippen molar-refractivity contribution in [3.8, 4) is 0 Å². The fraction of sp³-hybridized carbons (Fsp3) is 0.143. The molecule has 3 nitrogen and oxygen atoms in total. The number of halogens is 3. The predicted molar refractivity (Wildman–Crippen MR) is 116 cm³/mol. The molecule has 3 aromatic carbocycles. The standard InChI is InChI=1S/C21H18Cl3NO2S/c22-18-8-4-15(5-9-18)12-17(16-6-10-19(23)11-7-16)14-25-28(26,27)21-3-1-2-20(24)13-21/h1-11,13,17,25H,12,14H2. The molecule has 0 fully saturated rings. The van der Waals surface area contributed by atoms with Gasteiger partial charge in [-0.15, -0.1) is 0 Å². The van der Waals surface area contributed by atoms with Crippen LogP contribution in [0.15, 0.2) is 77.7 Å². The van der Waals surface area contributed by atoms with E-state index in [1.54, 1.807) is 24.3 Å². The fourth-order valence-corrected chi connectivity index (χ4v) is 4.51. The number of nitrogens with one attached hydrogen (secondary N) is 1. The molecule has 1 atom stereocenters. The summed E-state index contributed by atoms with van der Waals surface area (Å²) in [6.07, 6.45) is 0.650. The molecule has 1 unspecified atom stereocenters. The van der Waals surface area contributed by atoms with Gasteiger partial charge in [-0.05, 0) is 60.0 Å². The molecule has 0 radical (unpaired) electrons. The summed E-state index contributed by atoms with van der Waals surface area (Å²) in [6, 6.07) is 21.2. The van der Waals surface area contributed by atoms with E-state index in [4.69, 9.17) is 34.8 Å². The van der Waals surface area contributed by atoms with Gasteiger partial charge in [0.2, 0.25) is 10.0 Å². The van der Waals surface area contributed by atoms with Gasteiger partial charge in [-0.2, -0.15) is 0 Å². The van der Waals surface area contributed by atoms with Crippen molar-refractivity contribution in [1.82, 2.24) is 4.72 Å². The molecule has 28 heavy (non-hydrogen) atoms. The second kappa shape index (κ2) is 9.29. The summed E-state index contributed by atoms with van der Waals surface area (Å²) < 4.78 is 28.0. The molecule has 0 amide bonds. The third-order valence-corrected chi connectivity index (χ3v) is 6.52. The highest BCUT2D eigenvalue weighted by molar-refractivity contribution is 7.89. The van der Waals surface area contributed by atoms with Crippen LogP contribution >= 0.6 is 34.8 Å². The normalized spacial score (nSPS) is 12.7. The summed E-state index contributed by atoms with van der Waals surface area (Å²) in [5, 5.41) is 1.67. The Morgan fingerprint density at radius 2 is 1.39 bits per heavy atom. The minimum atomic E-state index is -3.67. The van der Waals surface area contributed by atoms with Crippen molar-refractivity contribution < 1.29 is 8.42 Å². The molecule has 7 heteroatoms. The van der Waals surface area contributed by atoms with Crippen LogP contribution in [-0.4, -0.2) is 15.0 Å². The molecule has 3 rings (SSSR count). The molecular weight excluding hydrogens is 437 g/mol. The van der Waals surface area contributed by atoms with Crippen molar-refractivity contribution in [2.24, 2.45) is 0 Å². The van der Waals surface area contributed by atoms with Crippen molar-refractivity contribution in [3.63, 3.8) is 0 Å². The Hall–Kier alpha value is -1.56. The number of hydrogen-bond donors (Lipinski definition) is 1. The average Bonchev–Trinajstić information content (AvgIpc) is 2.67. The van der Waals surface area contributed by atoms with Gasteiger partial charge in [-0.25, -0.2) is 13.1 Å². The van der Waals surface area contributed by atoms with Gasteiger partial charge in [-0.3, -0.25) is 0 Å². The van der Waals surface area contributed by atoms with E-state index in [2.05, 4.69) is 4.72 Å². The first-order valence-electron chi connectivity index (χ1n) is 8.58. The van der Waals surface area contributed by atoms with Gasteiger partial charge in [0.05, 0.1) is 4.90 Å². The number of benzene rings is 3. The topological polar surface area (TPSA) is 46.2 Å². The van der Waals surface area contributed by atoms with Crippen molar-refractivity contribution in [2.45, 2.75) is 17.2 Å². The van der Waals surface area contributed by atoms with E-state index in [9.17, 15) is 8.42 Å². The van der Waals surface area contributed by atoms with Crippen LogP contribution in [0, 0.1) is 0 Å². The van der Waals surface area contributed by atoms with Gasteiger partial charge in [0.25, 0.3) is 0 Å². The highest BCUT2D eigenvalue weighted by atomic mass is 35.5. The van der Waals surface area contributed by atoms with Crippen LogP contribution in [0.4, 0.5) is 0 Å². The Labute approximate surface area is 180 Å². The molecule has 0 aromatic heterocycles. The molecule has 0 heterocycles. The van der Waals surface area contributed by atoms with Gasteiger partial charge in [0, 0.05) is 27.5 Å². The molecule has 0 bridgehead atoms. The fourth-order valence-electron chi connectivity index (χ4n) is 2.88. The van der Waals surface area contributed by atoms with Gasteiger partial charge in [0.15, 0.2) is 0 Å². The SMILES string of the molecule is O=S(=O)(NCC(Cc1ccc(Cl)cc1)c1ccc(Cl)cc1)c1cccc(Cl)c1. The van der Waals surface area contributed by atoms with E-state index in [-0.39, 0.29) is 17.4 Å². The Morgan fingerprint density at radius 3 is 2.00 bits per heavy atom. The van der Waals surface area contributed by atoms with Gasteiger partial charge >= 0.3 is 0 Å². The zero-order valence-electron chi connectivity index (χ0n) is 14.8. The van der Waals surface area contributed by atoms with Crippen molar-refractivity contribution in [1.29, 1.82) is 0 Å².